The molecule has 22 atom stereocenters. The van der Waals surface area contributed by atoms with E-state index in [0.717, 1.165) is 44.1 Å². The van der Waals surface area contributed by atoms with Crippen molar-refractivity contribution in [2.45, 2.75) is 171 Å². The van der Waals surface area contributed by atoms with E-state index >= 15 is 0 Å². The second-order valence-electron chi connectivity index (χ2n) is 19.2. The topological polar surface area (TPSA) is 217 Å². The van der Waals surface area contributed by atoms with Crippen LogP contribution in [0.1, 0.15) is 86.0 Å². The maximum atomic E-state index is 12.0. The van der Waals surface area contributed by atoms with Crippen LogP contribution >= 0.6 is 0 Å². The summed E-state index contributed by atoms with van der Waals surface area (Å²) >= 11 is 0. The first-order valence-corrected chi connectivity index (χ1v) is 20.4. The molecule has 0 aromatic carbocycles. The number of rotatable bonds is 6. The molecular formula is C40H64O14. The van der Waals surface area contributed by atoms with E-state index in [4.69, 9.17) is 28.4 Å². The minimum atomic E-state index is -1.64. The molecule has 8 rings (SSSR count). The Kier molecular flexibility index (Phi) is 10.5. The van der Waals surface area contributed by atoms with Gasteiger partial charge in [0.2, 0.25) is 0 Å². The van der Waals surface area contributed by atoms with Crippen LogP contribution in [0.5, 0.6) is 0 Å². The molecule has 0 bridgehead atoms. The first-order chi connectivity index (χ1) is 25.5. The number of aliphatic hydroxyl groups is 8. The van der Waals surface area contributed by atoms with E-state index in [2.05, 4.69) is 33.8 Å². The van der Waals surface area contributed by atoms with Crippen molar-refractivity contribution in [2.75, 3.05) is 19.8 Å². The quantitative estimate of drug-likeness (QED) is 0.175. The van der Waals surface area contributed by atoms with Gasteiger partial charge in [-0.1, -0.05) is 39.3 Å². The third-order valence-corrected chi connectivity index (χ3v) is 16.1. The van der Waals surface area contributed by atoms with Gasteiger partial charge < -0.3 is 69.3 Å². The van der Waals surface area contributed by atoms with E-state index in [9.17, 15) is 40.9 Å². The van der Waals surface area contributed by atoms with Gasteiger partial charge >= 0.3 is 0 Å². The molecule has 0 amide bonds. The van der Waals surface area contributed by atoms with Crippen LogP contribution in [0, 0.1) is 45.8 Å². The Morgan fingerprint density at radius 1 is 0.796 bits per heavy atom. The van der Waals surface area contributed by atoms with Crippen molar-refractivity contribution >= 4 is 0 Å². The number of fused-ring (bicyclic) bond motifs is 7. The first kappa shape index (κ1) is 40.0. The molecule has 0 unspecified atom stereocenters. The summed E-state index contributed by atoms with van der Waals surface area (Å²) in [5, 5.41) is 85.1. The zero-order valence-corrected chi connectivity index (χ0v) is 32.3. The van der Waals surface area contributed by atoms with Crippen molar-refractivity contribution in [1.29, 1.82) is 0 Å². The summed E-state index contributed by atoms with van der Waals surface area (Å²) < 4.78 is 37.0. The molecule has 8 N–H and O–H groups in total. The van der Waals surface area contributed by atoms with Gasteiger partial charge in [-0.25, -0.2) is 0 Å². The summed E-state index contributed by atoms with van der Waals surface area (Å²) in [6, 6.07) is 0. The maximum absolute atomic E-state index is 12.0. The van der Waals surface area contributed by atoms with E-state index in [1.54, 1.807) is 0 Å². The van der Waals surface area contributed by atoms with Crippen LogP contribution in [0.15, 0.2) is 11.6 Å². The third kappa shape index (κ3) is 6.11. The molecule has 0 radical (unpaired) electrons. The monoisotopic (exact) mass is 768 g/mol. The lowest BCUT2D eigenvalue weighted by molar-refractivity contribution is -0.360. The summed E-state index contributed by atoms with van der Waals surface area (Å²) in [5.74, 6) is 0.661. The number of ether oxygens (including phenoxy) is 6. The SMILES string of the molecule is C[C@@H]1O[C@@H](O[C@H]2[C@H](O)[C@@H](O)[C@H](O[C@H]3CC[C@@]4(C)C(=C[C@@H](O)[C@H]5[C@@H]6C[C@@H]7O[C@]8(CC[C@](C)(CO)CO8)[C@@H](C)[C@@H]7[C@@]6(C)CC[C@@H]54)C3)O[C@@H]2CO)[C@H](O)[C@H](O)[C@H]1O. The zero-order chi connectivity index (χ0) is 38.7. The van der Waals surface area contributed by atoms with Crippen LogP contribution in [0.25, 0.3) is 0 Å². The van der Waals surface area contributed by atoms with Crippen LogP contribution in [0.3, 0.4) is 0 Å². The fraction of sp³-hybridized carbons (Fsp3) is 0.950. The minimum Gasteiger partial charge on any atom is -0.396 e. The molecule has 14 heteroatoms. The molecule has 7 fully saturated rings. The average molecular weight is 769 g/mol. The molecule has 8 aliphatic rings. The highest BCUT2D eigenvalue weighted by atomic mass is 16.7. The molecule has 14 nitrogen and oxygen atoms in total. The Balaban J connectivity index is 0.929. The van der Waals surface area contributed by atoms with Crippen LogP contribution < -0.4 is 0 Å². The first-order valence-electron chi connectivity index (χ1n) is 20.4. The summed E-state index contributed by atoms with van der Waals surface area (Å²) in [6.45, 7) is 10.6. The normalized spacial score (nSPS) is 58.6. The zero-order valence-electron chi connectivity index (χ0n) is 32.3. The Labute approximate surface area is 317 Å². The molecule has 4 saturated heterocycles. The van der Waals surface area contributed by atoms with Gasteiger partial charge in [0.25, 0.3) is 0 Å². The highest BCUT2D eigenvalue weighted by Gasteiger charge is 2.70. The van der Waals surface area contributed by atoms with E-state index < -0.39 is 79.9 Å². The van der Waals surface area contributed by atoms with E-state index in [-0.39, 0.29) is 46.9 Å². The van der Waals surface area contributed by atoms with Gasteiger partial charge in [0.1, 0.15) is 42.7 Å². The van der Waals surface area contributed by atoms with Gasteiger partial charge in [0, 0.05) is 17.8 Å². The van der Waals surface area contributed by atoms with Gasteiger partial charge in [0.15, 0.2) is 18.4 Å². The fourth-order valence-electron chi connectivity index (χ4n) is 12.7. The molecular weight excluding hydrogens is 704 g/mol. The lowest BCUT2D eigenvalue weighted by Gasteiger charge is -2.59. The van der Waals surface area contributed by atoms with Gasteiger partial charge in [-0.3, -0.25) is 0 Å². The lowest BCUT2D eigenvalue weighted by Crippen LogP contribution is -2.64. The van der Waals surface area contributed by atoms with E-state index in [1.165, 1.54) is 6.92 Å². The Morgan fingerprint density at radius 3 is 2.20 bits per heavy atom. The molecule has 3 saturated carbocycles. The van der Waals surface area contributed by atoms with E-state index in [0.29, 0.717) is 37.2 Å². The van der Waals surface area contributed by atoms with Gasteiger partial charge in [-0.05, 0) is 86.4 Å². The molecule has 4 aliphatic heterocycles. The van der Waals surface area contributed by atoms with Crippen molar-refractivity contribution < 1.29 is 69.3 Å². The average Bonchev–Trinajstić information content (AvgIpc) is 3.60. The van der Waals surface area contributed by atoms with Crippen LogP contribution in [0.4, 0.5) is 0 Å². The molecule has 4 aliphatic carbocycles. The molecule has 308 valence electrons. The summed E-state index contributed by atoms with van der Waals surface area (Å²) in [7, 11) is 0. The lowest BCUT2D eigenvalue weighted by atomic mass is 9.46. The van der Waals surface area contributed by atoms with Crippen molar-refractivity contribution in [3.8, 4) is 0 Å². The second kappa shape index (κ2) is 14.2. The highest BCUT2D eigenvalue weighted by Crippen LogP contribution is 2.71. The van der Waals surface area contributed by atoms with Crippen molar-refractivity contribution in [2.24, 2.45) is 45.8 Å². The van der Waals surface area contributed by atoms with Gasteiger partial charge in [-0.2, -0.15) is 0 Å². The summed E-state index contributed by atoms with van der Waals surface area (Å²) in [5.41, 5.74) is 0.791. The van der Waals surface area contributed by atoms with E-state index in [1.807, 2.05) is 0 Å². The second-order valence-corrected chi connectivity index (χ2v) is 19.2. The molecule has 4 heterocycles. The molecule has 54 heavy (non-hydrogen) atoms. The molecule has 0 aromatic heterocycles. The number of aliphatic hydroxyl groups excluding tert-OH is 8. The maximum Gasteiger partial charge on any atom is 0.187 e. The van der Waals surface area contributed by atoms with Crippen molar-refractivity contribution in [3.05, 3.63) is 11.6 Å². The van der Waals surface area contributed by atoms with Crippen molar-refractivity contribution in [1.82, 2.24) is 0 Å². The third-order valence-electron chi connectivity index (χ3n) is 16.1. The molecule has 0 aromatic rings. The van der Waals surface area contributed by atoms with Crippen molar-refractivity contribution in [3.63, 3.8) is 0 Å². The predicted molar refractivity (Wildman–Crippen MR) is 189 cm³/mol. The summed E-state index contributed by atoms with van der Waals surface area (Å²) in [6.07, 6.45) is -5.97. The minimum absolute atomic E-state index is 0.0133. The smallest absolute Gasteiger partial charge is 0.187 e. The Morgan fingerprint density at radius 2 is 1.52 bits per heavy atom. The Hall–Kier alpha value is -0.820. The predicted octanol–water partition coefficient (Wildman–Crippen LogP) is 0.723. The largest absolute Gasteiger partial charge is 0.396 e. The Bertz CT molecular complexity index is 1400. The summed E-state index contributed by atoms with van der Waals surface area (Å²) in [4.78, 5) is 0. The van der Waals surface area contributed by atoms with Gasteiger partial charge in [-0.15, -0.1) is 0 Å². The van der Waals surface area contributed by atoms with Gasteiger partial charge in [0.05, 0.1) is 44.2 Å². The van der Waals surface area contributed by atoms with Crippen LogP contribution in [-0.4, -0.2) is 146 Å². The van der Waals surface area contributed by atoms with Crippen LogP contribution in [-0.2, 0) is 28.4 Å². The highest BCUT2D eigenvalue weighted by molar-refractivity contribution is 5.29. The fourth-order valence-corrected chi connectivity index (χ4v) is 12.7. The number of hydrogen-bond acceptors (Lipinski definition) is 14. The van der Waals surface area contributed by atoms with Crippen LogP contribution in [0.2, 0.25) is 0 Å². The molecule has 1 spiro atoms. The standard InChI is InChI=1S/C40H64O14/c1-18-28-25(54-40(18)11-10-37(3,16-42)17-49-40)14-23-27-22(7-9-39(23,28)5)38(4)8-6-21(12-20(38)13-24(27)43)51-36-33(48)31(46)34(26(15-41)52-36)53-35-32(47)30(45)29(44)19(2)50-35/h13,18-19,21-36,41-48H,6-12,14-17H2,1-5H3/t18-,19-,21-,22-,23-,24+,25-,26+,27+,28-,29-,30+,31+,32+,33+,34+,35-,36+,37+,38-,39-,40+/m0/s1. The number of hydrogen-bond donors (Lipinski definition) is 8.